The summed E-state index contributed by atoms with van der Waals surface area (Å²) in [7, 11) is 0. The van der Waals surface area contributed by atoms with E-state index in [9.17, 15) is 38.4 Å². The van der Waals surface area contributed by atoms with Crippen molar-refractivity contribution >= 4 is 82.2 Å². The number of nitrogens with zero attached hydrogens (tertiary/aromatic N) is 3. The zero-order valence-electron chi connectivity index (χ0n) is 32.7. The molecule has 0 bridgehead atoms. The van der Waals surface area contributed by atoms with Crippen LogP contribution in [0.25, 0.3) is 0 Å². The first-order valence-electron chi connectivity index (χ1n) is 19.5. The minimum Gasteiger partial charge on any atom is -0.352 e. The van der Waals surface area contributed by atoms with Crippen LogP contribution in [0.15, 0.2) is 36.4 Å². The first-order chi connectivity index (χ1) is 27.8. The molecule has 3 saturated heterocycles. The van der Waals surface area contributed by atoms with E-state index < -0.39 is 29.7 Å². The van der Waals surface area contributed by atoms with Crippen molar-refractivity contribution in [3.8, 4) is 0 Å². The van der Waals surface area contributed by atoms with E-state index >= 15 is 0 Å². The van der Waals surface area contributed by atoms with Crippen LogP contribution in [0.4, 0.5) is 10.5 Å². The fourth-order valence-electron chi connectivity index (χ4n) is 6.94. The van der Waals surface area contributed by atoms with Gasteiger partial charge in [-0.1, -0.05) is 32.4 Å². The van der Waals surface area contributed by atoms with Gasteiger partial charge in [-0.2, -0.15) is 11.8 Å². The summed E-state index contributed by atoms with van der Waals surface area (Å²) in [6, 6.07) is 6.96. The maximum atomic E-state index is 13.1. The van der Waals surface area contributed by atoms with Gasteiger partial charge in [-0.25, -0.2) is 4.79 Å². The Morgan fingerprint density at radius 1 is 0.828 bits per heavy atom. The molecule has 0 aliphatic carbocycles. The average molecular weight is 841 g/mol. The van der Waals surface area contributed by atoms with Crippen LogP contribution in [0.2, 0.25) is 0 Å². The molecule has 0 unspecified atom stereocenters. The van der Waals surface area contributed by atoms with Gasteiger partial charge in [0.05, 0.1) is 25.2 Å². The smallest absolute Gasteiger partial charge is 0.315 e. The molecular weight excluding hydrogens is 789 g/mol. The molecule has 18 nitrogen and oxygen atoms in total. The Labute approximate surface area is 346 Å². The van der Waals surface area contributed by atoms with Crippen LogP contribution in [-0.2, 0) is 40.1 Å². The summed E-state index contributed by atoms with van der Waals surface area (Å²) in [4.78, 5) is 102. The molecule has 7 N–H and O–H groups in total. The van der Waals surface area contributed by atoms with E-state index in [2.05, 4.69) is 37.2 Å². The molecule has 0 radical (unpaired) electrons. The number of benzene rings is 1. The molecule has 0 spiro atoms. The number of nitrogens with one attached hydrogen (secondary N) is 7. The molecule has 314 valence electrons. The zero-order valence-corrected chi connectivity index (χ0v) is 34.3. The van der Waals surface area contributed by atoms with Crippen LogP contribution in [-0.4, -0.2) is 142 Å². The molecule has 20 heteroatoms. The SMILES string of the molecule is CC(C)[C@@H](NC(=S)Nc1ccc(CNC(=O)CCCC[C@@H]2SC[C@@H]3NC(=O)N[C@@H]32)cc1)C(=O)NCC(=O)N1CCN(C(=O)CNC(=O)CCN2C(=O)C=CC2=O)CC1. The fraction of sp³-hybridized carbons (Fsp3) is 0.553. The molecular formula is C38H52N10O8S2. The minimum absolute atomic E-state index is 0.0144. The molecule has 0 aromatic heterocycles. The summed E-state index contributed by atoms with van der Waals surface area (Å²) in [6.45, 7) is 4.56. The number of imide groups is 1. The Morgan fingerprint density at radius 3 is 2.09 bits per heavy atom. The van der Waals surface area contributed by atoms with Gasteiger partial charge in [-0.15, -0.1) is 0 Å². The Kier molecular flexibility index (Phi) is 15.9. The molecule has 3 fully saturated rings. The van der Waals surface area contributed by atoms with Crippen molar-refractivity contribution in [2.75, 3.05) is 56.9 Å². The molecule has 1 aromatic rings. The number of amides is 9. The molecule has 4 atom stereocenters. The van der Waals surface area contributed by atoms with E-state index in [1.807, 2.05) is 49.9 Å². The van der Waals surface area contributed by atoms with Gasteiger partial charge in [0, 0.05) is 81.0 Å². The second-order valence-electron chi connectivity index (χ2n) is 14.8. The number of urea groups is 1. The molecule has 4 aliphatic rings. The van der Waals surface area contributed by atoms with Crippen LogP contribution in [0.1, 0.15) is 51.5 Å². The fourth-order valence-corrected chi connectivity index (χ4v) is 8.73. The average Bonchev–Trinajstić information content (AvgIpc) is 3.87. The number of rotatable bonds is 18. The number of carbonyl (C=O) groups is 8. The third-order valence-electron chi connectivity index (χ3n) is 10.3. The van der Waals surface area contributed by atoms with Crippen molar-refractivity contribution in [1.29, 1.82) is 0 Å². The molecule has 5 rings (SSSR count). The maximum absolute atomic E-state index is 13.1. The maximum Gasteiger partial charge on any atom is 0.315 e. The predicted molar refractivity (Wildman–Crippen MR) is 220 cm³/mol. The van der Waals surface area contributed by atoms with E-state index in [-0.39, 0.29) is 99.1 Å². The number of fused-ring (bicyclic) bond motifs is 1. The van der Waals surface area contributed by atoms with E-state index in [0.29, 0.717) is 23.9 Å². The summed E-state index contributed by atoms with van der Waals surface area (Å²) in [6.07, 6.45) is 5.25. The van der Waals surface area contributed by atoms with E-state index in [0.717, 1.165) is 47.6 Å². The normalized spacial score (nSPS) is 20.3. The molecule has 58 heavy (non-hydrogen) atoms. The molecule has 4 aliphatic heterocycles. The lowest BCUT2D eigenvalue weighted by atomic mass is 10.0. The van der Waals surface area contributed by atoms with Gasteiger partial charge in [0.15, 0.2) is 5.11 Å². The summed E-state index contributed by atoms with van der Waals surface area (Å²) in [5, 5.41) is 20.8. The minimum atomic E-state index is -0.727. The summed E-state index contributed by atoms with van der Waals surface area (Å²) >= 11 is 7.36. The second kappa shape index (κ2) is 21.0. The highest BCUT2D eigenvalue weighted by Gasteiger charge is 2.42. The highest BCUT2D eigenvalue weighted by atomic mass is 32.2. The van der Waals surface area contributed by atoms with Crippen molar-refractivity contribution in [3.63, 3.8) is 0 Å². The number of hydrogen-bond acceptors (Lipinski definition) is 10. The molecule has 9 amide bonds. The number of thioether (sulfide) groups is 1. The highest BCUT2D eigenvalue weighted by Crippen LogP contribution is 2.33. The van der Waals surface area contributed by atoms with E-state index in [1.165, 1.54) is 4.90 Å². The third kappa shape index (κ3) is 12.6. The zero-order chi connectivity index (χ0) is 41.8. The first kappa shape index (κ1) is 43.9. The van der Waals surface area contributed by atoms with Crippen molar-refractivity contribution in [2.24, 2.45) is 5.92 Å². The Balaban J connectivity index is 0.932. The first-order valence-corrected chi connectivity index (χ1v) is 21.0. The molecule has 1 aromatic carbocycles. The molecule has 4 heterocycles. The summed E-state index contributed by atoms with van der Waals surface area (Å²) < 4.78 is 0. The van der Waals surface area contributed by atoms with Gasteiger partial charge in [0.1, 0.15) is 6.04 Å². The van der Waals surface area contributed by atoms with Gasteiger partial charge < -0.3 is 47.0 Å². The van der Waals surface area contributed by atoms with E-state index in [1.54, 1.807) is 4.90 Å². The lowest BCUT2D eigenvalue weighted by molar-refractivity contribution is -0.140. The Morgan fingerprint density at radius 2 is 1.45 bits per heavy atom. The van der Waals surface area contributed by atoms with Crippen LogP contribution >= 0.6 is 24.0 Å². The number of unbranched alkanes of at least 4 members (excludes halogenated alkanes) is 1. The van der Waals surface area contributed by atoms with Crippen LogP contribution < -0.4 is 37.2 Å². The Hall–Kier alpha value is -5.24. The monoisotopic (exact) mass is 840 g/mol. The van der Waals surface area contributed by atoms with Gasteiger partial charge >= 0.3 is 6.03 Å². The van der Waals surface area contributed by atoms with Gasteiger partial charge in [-0.3, -0.25) is 38.5 Å². The largest absolute Gasteiger partial charge is 0.352 e. The van der Waals surface area contributed by atoms with Crippen LogP contribution in [0.3, 0.4) is 0 Å². The van der Waals surface area contributed by atoms with Crippen LogP contribution in [0.5, 0.6) is 0 Å². The van der Waals surface area contributed by atoms with Gasteiger partial charge in [0.25, 0.3) is 11.8 Å². The summed E-state index contributed by atoms with van der Waals surface area (Å²) in [5.74, 6) is -1.72. The Bertz CT molecular complexity index is 1750. The standard InChI is InChI=1S/C38H52N10O8S2/c1-23(2)34(36(55)41-21-33(54)47-17-15-46(16-18-47)32(53)20-40-29(50)13-14-48-30(51)11-12-31(48)52)45-38(57)42-25-9-7-24(8-10-25)19-39-28(49)6-4-3-5-27-35-26(22-58-27)43-37(56)44-35/h7-12,23,26-27,34-35H,3-6,13-22H2,1-2H3,(H,39,49)(H,40,50)(H,41,55)(H2,42,45,57)(H2,43,44,56)/t26-,27-,34+,35-/m0/s1. The predicted octanol–water partition coefficient (Wildman–Crippen LogP) is -0.442. The van der Waals surface area contributed by atoms with Gasteiger partial charge in [0.2, 0.25) is 29.5 Å². The number of thiocarbonyl (C=S) groups is 1. The summed E-state index contributed by atoms with van der Waals surface area (Å²) in [5.41, 5.74) is 1.61. The van der Waals surface area contributed by atoms with Crippen molar-refractivity contribution in [1.82, 2.24) is 46.6 Å². The quantitative estimate of drug-likeness (QED) is 0.0432. The van der Waals surface area contributed by atoms with Crippen LogP contribution in [0, 0.1) is 5.92 Å². The number of piperazine rings is 1. The van der Waals surface area contributed by atoms with Crippen molar-refractivity contribution < 1.29 is 38.4 Å². The highest BCUT2D eigenvalue weighted by molar-refractivity contribution is 8.00. The van der Waals surface area contributed by atoms with E-state index in [4.69, 9.17) is 12.2 Å². The topological polar surface area (TPSA) is 230 Å². The van der Waals surface area contributed by atoms with Gasteiger partial charge in [-0.05, 0) is 48.7 Å². The van der Waals surface area contributed by atoms with Crippen molar-refractivity contribution in [2.45, 2.75) is 75.9 Å². The lowest BCUT2D eigenvalue weighted by Gasteiger charge is -2.35. The lowest BCUT2D eigenvalue weighted by Crippen LogP contribution is -2.56. The number of carbonyl (C=O) groups excluding carboxylic acids is 8. The third-order valence-corrected chi connectivity index (χ3v) is 12.0. The second-order valence-corrected chi connectivity index (χ2v) is 16.5. The number of anilines is 1. The number of hydrogen-bond donors (Lipinski definition) is 7. The van der Waals surface area contributed by atoms with Crippen molar-refractivity contribution in [3.05, 3.63) is 42.0 Å². The molecule has 0 saturated carbocycles.